The van der Waals surface area contributed by atoms with Crippen molar-refractivity contribution in [3.8, 4) is 0 Å². The standard InChI is InChI=1S/C19H19F3NO/c20-19(21,22)11-2-12-23-18-9-7-15(8-10-18)5-6-16-3-1-4-17(13-16)14-24/h1,3-10,13,23H,2,11-12,14H2. The first-order chi connectivity index (χ1) is 11.5. The lowest BCUT2D eigenvalue weighted by Crippen LogP contribution is -2.10. The monoisotopic (exact) mass is 334 g/mol. The summed E-state index contributed by atoms with van der Waals surface area (Å²) in [4.78, 5) is 0. The van der Waals surface area contributed by atoms with Gasteiger partial charge in [0.05, 0.1) is 0 Å². The maximum Gasteiger partial charge on any atom is 0.389 e. The fraction of sp³-hybridized carbons (Fsp3) is 0.263. The summed E-state index contributed by atoms with van der Waals surface area (Å²) in [6.45, 7) is 0.0487. The lowest BCUT2D eigenvalue weighted by molar-refractivity contribution is -0.134. The van der Waals surface area contributed by atoms with Gasteiger partial charge in [-0.05, 0) is 41.3 Å². The summed E-state index contributed by atoms with van der Waals surface area (Å²) in [5.74, 6) is 0. The molecule has 127 valence electrons. The summed E-state index contributed by atoms with van der Waals surface area (Å²) >= 11 is 0. The van der Waals surface area contributed by atoms with E-state index in [0.717, 1.165) is 22.4 Å². The van der Waals surface area contributed by atoms with Crippen LogP contribution >= 0.6 is 0 Å². The highest BCUT2D eigenvalue weighted by Gasteiger charge is 2.25. The van der Waals surface area contributed by atoms with Crippen LogP contribution < -0.4 is 5.32 Å². The normalized spacial score (nSPS) is 11.8. The van der Waals surface area contributed by atoms with Crippen molar-refractivity contribution in [2.45, 2.75) is 25.6 Å². The molecule has 0 saturated heterocycles. The molecule has 0 aliphatic heterocycles. The van der Waals surface area contributed by atoms with E-state index in [0.29, 0.717) is 0 Å². The minimum absolute atomic E-state index is 0.0568. The fourth-order valence-electron chi connectivity index (χ4n) is 2.21. The number of alkyl halides is 3. The molecule has 2 nitrogen and oxygen atoms in total. The van der Waals surface area contributed by atoms with Crippen LogP contribution in [0.4, 0.5) is 18.9 Å². The molecule has 0 heterocycles. The molecule has 0 fully saturated rings. The first-order valence-corrected chi connectivity index (χ1v) is 7.72. The predicted molar refractivity (Wildman–Crippen MR) is 90.0 cm³/mol. The molecule has 24 heavy (non-hydrogen) atoms. The Morgan fingerprint density at radius 2 is 1.67 bits per heavy atom. The minimum Gasteiger partial charge on any atom is -0.385 e. The zero-order valence-electron chi connectivity index (χ0n) is 13.1. The number of rotatable bonds is 7. The molecule has 0 saturated carbocycles. The summed E-state index contributed by atoms with van der Waals surface area (Å²) in [5.41, 5.74) is 3.47. The number of anilines is 1. The van der Waals surface area contributed by atoms with Gasteiger partial charge < -0.3 is 5.32 Å². The van der Waals surface area contributed by atoms with Crippen LogP contribution in [0.1, 0.15) is 29.5 Å². The summed E-state index contributed by atoms with van der Waals surface area (Å²) in [7, 11) is 0. The third-order valence-electron chi connectivity index (χ3n) is 3.46. The third-order valence-corrected chi connectivity index (χ3v) is 3.46. The zero-order valence-corrected chi connectivity index (χ0v) is 13.1. The Balaban J connectivity index is 1.86. The first kappa shape index (κ1) is 18.1. The van der Waals surface area contributed by atoms with Gasteiger partial charge in [-0.1, -0.05) is 42.5 Å². The van der Waals surface area contributed by atoms with Crippen LogP contribution in [0.3, 0.4) is 0 Å². The van der Waals surface area contributed by atoms with Crippen LogP contribution in [0.15, 0.2) is 48.5 Å². The average molecular weight is 334 g/mol. The Bertz CT molecular complexity index is 663. The van der Waals surface area contributed by atoms with Crippen LogP contribution in [0.25, 0.3) is 12.2 Å². The highest BCUT2D eigenvalue weighted by atomic mass is 19.4. The van der Waals surface area contributed by atoms with Crippen molar-refractivity contribution in [3.05, 3.63) is 65.2 Å². The van der Waals surface area contributed by atoms with E-state index in [1.807, 2.05) is 54.6 Å². The number of hydrogen-bond donors (Lipinski definition) is 1. The molecule has 0 unspecified atom stereocenters. The number of benzene rings is 2. The molecule has 0 aromatic heterocycles. The van der Waals surface area contributed by atoms with Crippen LogP contribution in [-0.2, 0) is 11.7 Å². The molecule has 0 bridgehead atoms. The van der Waals surface area contributed by atoms with Crippen molar-refractivity contribution >= 4 is 17.8 Å². The van der Waals surface area contributed by atoms with Gasteiger partial charge in [-0.3, -0.25) is 0 Å². The Morgan fingerprint density at radius 3 is 2.33 bits per heavy atom. The first-order valence-electron chi connectivity index (χ1n) is 7.72. The average Bonchev–Trinajstić information content (AvgIpc) is 2.57. The van der Waals surface area contributed by atoms with E-state index in [9.17, 15) is 18.3 Å². The molecule has 5 heteroatoms. The molecule has 2 aromatic rings. The van der Waals surface area contributed by atoms with Crippen molar-refractivity contribution < 1.29 is 18.3 Å². The highest BCUT2D eigenvalue weighted by molar-refractivity contribution is 5.70. The highest BCUT2D eigenvalue weighted by Crippen LogP contribution is 2.21. The van der Waals surface area contributed by atoms with Gasteiger partial charge in [0.25, 0.3) is 0 Å². The number of nitrogens with one attached hydrogen (secondary N) is 1. The molecule has 0 aliphatic rings. The van der Waals surface area contributed by atoms with Crippen molar-refractivity contribution in [1.82, 2.24) is 0 Å². The van der Waals surface area contributed by atoms with Crippen molar-refractivity contribution in [3.63, 3.8) is 0 Å². The van der Waals surface area contributed by atoms with E-state index < -0.39 is 12.6 Å². The number of halogens is 3. The molecule has 0 aliphatic carbocycles. The third kappa shape index (κ3) is 6.46. The van der Waals surface area contributed by atoms with Crippen molar-refractivity contribution in [2.75, 3.05) is 11.9 Å². The fourth-order valence-corrected chi connectivity index (χ4v) is 2.21. The second-order valence-electron chi connectivity index (χ2n) is 5.49. The maximum absolute atomic E-state index is 12.1. The quantitative estimate of drug-likeness (QED) is 0.523. The van der Waals surface area contributed by atoms with E-state index in [4.69, 9.17) is 0 Å². The van der Waals surface area contributed by atoms with Gasteiger partial charge >= 0.3 is 6.18 Å². The molecule has 0 amide bonds. The minimum atomic E-state index is -4.10. The Hall–Kier alpha value is -2.27. The zero-order chi connectivity index (χ0) is 17.4. The number of hydrogen-bond acceptors (Lipinski definition) is 1. The smallest absolute Gasteiger partial charge is 0.385 e. The maximum atomic E-state index is 12.1. The Labute approximate surface area is 139 Å². The van der Waals surface area contributed by atoms with E-state index in [1.165, 1.54) is 0 Å². The lowest BCUT2D eigenvalue weighted by Gasteiger charge is -2.08. The molecule has 0 spiro atoms. The molecule has 2 aromatic carbocycles. The van der Waals surface area contributed by atoms with E-state index in [1.54, 1.807) is 6.07 Å². The Kier molecular flexibility index (Phi) is 6.44. The van der Waals surface area contributed by atoms with Gasteiger partial charge in [-0.25, -0.2) is 5.11 Å². The lowest BCUT2D eigenvalue weighted by atomic mass is 10.1. The van der Waals surface area contributed by atoms with E-state index in [2.05, 4.69) is 5.32 Å². The van der Waals surface area contributed by atoms with Crippen LogP contribution in [0.5, 0.6) is 0 Å². The van der Waals surface area contributed by atoms with Gasteiger partial charge in [0.2, 0.25) is 0 Å². The molecular formula is C19H19F3NO. The molecule has 2 rings (SSSR count). The van der Waals surface area contributed by atoms with Crippen LogP contribution in [0, 0.1) is 0 Å². The van der Waals surface area contributed by atoms with E-state index in [-0.39, 0.29) is 19.6 Å². The second-order valence-corrected chi connectivity index (χ2v) is 5.49. The summed E-state index contributed by atoms with van der Waals surface area (Å²) in [6, 6.07) is 14.9. The van der Waals surface area contributed by atoms with Crippen LogP contribution in [0.2, 0.25) is 0 Å². The van der Waals surface area contributed by atoms with Gasteiger partial charge in [0.15, 0.2) is 0 Å². The topological polar surface area (TPSA) is 31.9 Å². The van der Waals surface area contributed by atoms with Crippen molar-refractivity contribution in [1.29, 1.82) is 0 Å². The van der Waals surface area contributed by atoms with E-state index >= 15 is 0 Å². The second kappa shape index (κ2) is 8.55. The molecule has 1 radical (unpaired) electrons. The Morgan fingerprint density at radius 1 is 0.958 bits per heavy atom. The van der Waals surface area contributed by atoms with Gasteiger partial charge in [0, 0.05) is 18.7 Å². The largest absolute Gasteiger partial charge is 0.389 e. The van der Waals surface area contributed by atoms with Gasteiger partial charge in [-0.2, -0.15) is 13.2 Å². The van der Waals surface area contributed by atoms with Crippen molar-refractivity contribution in [2.24, 2.45) is 0 Å². The molecular weight excluding hydrogens is 315 g/mol. The molecule has 1 N–H and O–H groups in total. The van der Waals surface area contributed by atoms with Gasteiger partial charge in [-0.15, -0.1) is 0 Å². The van der Waals surface area contributed by atoms with Crippen LogP contribution in [-0.4, -0.2) is 12.7 Å². The molecule has 0 atom stereocenters. The predicted octanol–water partition coefficient (Wildman–Crippen LogP) is 5.54. The SMILES string of the molecule is [O]Cc1cccc(C=Cc2ccc(NCCCC(F)(F)F)cc2)c1. The summed E-state index contributed by atoms with van der Waals surface area (Å²) in [5, 5.41) is 13.8. The summed E-state index contributed by atoms with van der Waals surface area (Å²) in [6.07, 6.45) is -0.966. The summed E-state index contributed by atoms with van der Waals surface area (Å²) < 4.78 is 36.2. The van der Waals surface area contributed by atoms with Gasteiger partial charge in [0.1, 0.15) is 6.61 Å².